The Kier molecular flexibility index (Phi) is 5.83. The summed E-state index contributed by atoms with van der Waals surface area (Å²) in [5.74, 6) is 0. The number of unbranched alkanes of at least 4 members (excludes halogenated alkanes) is 1. The monoisotopic (exact) mass is 276 g/mol. The van der Waals surface area contributed by atoms with Gasteiger partial charge in [-0.25, -0.2) is 0 Å². The third kappa shape index (κ3) is 3.37. The summed E-state index contributed by atoms with van der Waals surface area (Å²) >= 11 is 0. The van der Waals surface area contributed by atoms with Crippen LogP contribution in [0, 0.1) is 0 Å². The van der Waals surface area contributed by atoms with Gasteiger partial charge < -0.3 is 24.3 Å². The molecule has 0 spiro atoms. The van der Waals surface area contributed by atoms with Gasteiger partial charge in [-0.3, -0.25) is 9.13 Å². The predicted octanol–water partition coefficient (Wildman–Crippen LogP) is 1.22. The first-order valence-electron chi connectivity index (χ1n) is 4.87. The van der Waals surface area contributed by atoms with E-state index in [-0.39, 0.29) is 6.61 Å². The Morgan fingerprint density at radius 3 is 1.75 bits per heavy atom. The molecule has 4 N–H and O–H groups in total. The number of hydrogen-bond acceptors (Lipinski definition) is 3. The molecule has 0 saturated heterocycles. The maximum Gasteiger partial charge on any atom is 0.369 e. The highest BCUT2D eigenvalue weighted by molar-refractivity contribution is 7.72. The largest absolute Gasteiger partial charge is 0.369 e. The molecular weight excluding hydrogens is 258 g/mol. The Morgan fingerprint density at radius 2 is 1.50 bits per heavy atom. The van der Waals surface area contributed by atoms with Gasteiger partial charge in [0.25, 0.3) is 5.08 Å². The van der Waals surface area contributed by atoms with Crippen molar-refractivity contribution < 1.29 is 33.4 Å². The number of rotatable bonds is 7. The number of hydrogen-bond donors (Lipinski definition) is 4. The van der Waals surface area contributed by atoms with Gasteiger partial charge in [0.05, 0.1) is 0 Å². The lowest BCUT2D eigenvalue weighted by atomic mass is 10.4. The van der Waals surface area contributed by atoms with Crippen molar-refractivity contribution >= 4 is 15.2 Å². The van der Waals surface area contributed by atoms with Gasteiger partial charge in [0.2, 0.25) is 0 Å². The third-order valence-corrected chi connectivity index (χ3v) is 6.48. The summed E-state index contributed by atoms with van der Waals surface area (Å²) in [6, 6.07) is 0. The minimum Gasteiger partial charge on any atom is -0.352 e. The average molecular weight is 276 g/mol. The normalized spacial score (nSPS) is 14.1. The molecule has 0 aromatic heterocycles. The molecule has 9 heteroatoms. The van der Waals surface area contributed by atoms with Crippen LogP contribution in [0.15, 0.2) is 0 Å². The molecule has 98 valence electrons. The van der Waals surface area contributed by atoms with Gasteiger partial charge in [-0.15, -0.1) is 0 Å². The molecule has 0 amide bonds. The van der Waals surface area contributed by atoms with E-state index in [0.717, 1.165) is 0 Å². The molecule has 0 bridgehead atoms. The van der Waals surface area contributed by atoms with Crippen LogP contribution < -0.4 is 0 Å². The summed E-state index contributed by atoms with van der Waals surface area (Å²) < 4.78 is 27.2. The lowest BCUT2D eigenvalue weighted by Crippen LogP contribution is -2.32. The van der Waals surface area contributed by atoms with Crippen LogP contribution in [0.4, 0.5) is 0 Å². The summed E-state index contributed by atoms with van der Waals surface area (Å²) in [5.41, 5.74) is 0. The minimum atomic E-state index is -5.05. The van der Waals surface area contributed by atoms with Crippen molar-refractivity contribution in [2.75, 3.05) is 6.61 Å². The molecule has 0 fully saturated rings. The van der Waals surface area contributed by atoms with Crippen molar-refractivity contribution in [1.29, 1.82) is 0 Å². The van der Waals surface area contributed by atoms with Gasteiger partial charge in [-0.05, 0) is 12.8 Å². The fourth-order valence-corrected chi connectivity index (χ4v) is 3.93. The second kappa shape index (κ2) is 5.74. The van der Waals surface area contributed by atoms with Gasteiger partial charge in [-0.1, -0.05) is 20.3 Å². The van der Waals surface area contributed by atoms with E-state index in [2.05, 4.69) is 0 Å². The topological polar surface area (TPSA) is 124 Å². The van der Waals surface area contributed by atoms with Crippen LogP contribution in [-0.4, -0.2) is 31.3 Å². The van der Waals surface area contributed by atoms with Crippen LogP contribution in [0.1, 0.15) is 33.1 Å². The van der Waals surface area contributed by atoms with Gasteiger partial charge >= 0.3 is 15.2 Å². The minimum absolute atomic E-state index is 0.0967. The maximum absolute atomic E-state index is 11.2. The Balaban J connectivity index is 5.17. The molecule has 0 saturated carbocycles. The maximum atomic E-state index is 11.2. The number of ether oxygens (including phenoxy) is 1. The van der Waals surface area contributed by atoms with Crippen LogP contribution in [0.3, 0.4) is 0 Å². The van der Waals surface area contributed by atoms with Crippen molar-refractivity contribution in [3.05, 3.63) is 0 Å². The quantitative estimate of drug-likeness (QED) is 0.407. The Bertz CT molecular complexity index is 282. The highest BCUT2D eigenvalue weighted by atomic mass is 31.2. The van der Waals surface area contributed by atoms with Crippen LogP contribution in [0.25, 0.3) is 0 Å². The molecule has 7 nitrogen and oxygen atoms in total. The van der Waals surface area contributed by atoms with Crippen molar-refractivity contribution in [1.82, 2.24) is 0 Å². The van der Waals surface area contributed by atoms with E-state index >= 15 is 0 Å². The van der Waals surface area contributed by atoms with E-state index in [0.29, 0.717) is 12.8 Å². The van der Waals surface area contributed by atoms with E-state index in [1.165, 1.54) is 6.92 Å². The second-order valence-electron chi connectivity index (χ2n) is 3.39. The molecule has 0 aromatic carbocycles. The molecule has 0 aromatic rings. The third-order valence-electron chi connectivity index (χ3n) is 2.20. The van der Waals surface area contributed by atoms with Crippen molar-refractivity contribution in [3.8, 4) is 0 Å². The van der Waals surface area contributed by atoms with Gasteiger partial charge in [0.1, 0.15) is 0 Å². The van der Waals surface area contributed by atoms with Gasteiger partial charge in [0.15, 0.2) is 0 Å². The molecule has 0 aliphatic rings. The summed E-state index contributed by atoms with van der Waals surface area (Å²) in [6.45, 7) is 3.00. The predicted molar refractivity (Wildman–Crippen MR) is 58.0 cm³/mol. The van der Waals surface area contributed by atoms with Crippen LogP contribution in [0.2, 0.25) is 0 Å². The average Bonchev–Trinajstić information content (AvgIpc) is 2.08. The van der Waals surface area contributed by atoms with E-state index < -0.39 is 26.7 Å². The molecular formula is C7H18O7P2. The van der Waals surface area contributed by atoms with E-state index in [9.17, 15) is 9.13 Å². The van der Waals surface area contributed by atoms with Crippen molar-refractivity contribution in [2.45, 2.75) is 38.2 Å². The van der Waals surface area contributed by atoms with Crippen LogP contribution in [-0.2, 0) is 13.9 Å². The fraction of sp³-hybridized carbons (Fsp3) is 1.00. The second-order valence-corrected chi connectivity index (χ2v) is 7.36. The molecule has 0 aliphatic heterocycles. The lowest BCUT2D eigenvalue weighted by molar-refractivity contribution is 0.0326. The summed E-state index contributed by atoms with van der Waals surface area (Å²) in [4.78, 5) is 36.2. The zero-order valence-electron chi connectivity index (χ0n) is 9.24. The van der Waals surface area contributed by atoms with E-state index in [4.69, 9.17) is 24.3 Å². The first-order valence-corrected chi connectivity index (χ1v) is 8.10. The molecule has 0 radical (unpaired) electrons. The molecule has 0 atom stereocenters. The highest BCUT2D eigenvalue weighted by Crippen LogP contribution is 2.71. The first-order chi connectivity index (χ1) is 7.12. The van der Waals surface area contributed by atoms with Crippen LogP contribution >= 0.6 is 15.2 Å². The summed E-state index contributed by atoms with van der Waals surface area (Å²) in [5, 5.41) is -2.70. The standard InChI is InChI=1S/C7H18O7P2/c1-3-5-6-14-7(4-2,15(8,9)10)16(11,12)13/h3-6H2,1-2H3,(H2,8,9,10)(H2,11,12,13). The molecule has 0 rings (SSSR count). The first kappa shape index (κ1) is 16.3. The Labute approximate surface area is 94.1 Å². The fourth-order valence-electron chi connectivity index (χ4n) is 1.23. The van der Waals surface area contributed by atoms with E-state index in [1.54, 1.807) is 0 Å². The summed E-state index contributed by atoms with van der Waals surface area (Å²) in [6.07, 6.45) is 0.717. The highest BCUT2D eigenvalue weighted by Gasteiger charge is 2.60. The Morgan fingerprint density at radius 1 is 1.06 bits per heavy atom. The zero-order valence-corrected chi connectivity index (χ0v) is 11.0. The Hall–Kier alpha value is 0.260. The summed E-state index contributed by atoms with van der Waals surface area (Å²) in [7, 11) is -10.1. The van der Waals surface area contributed by atoms with Gasteiger partial charge in [-0.2, -0.15) is 0 Å². The lowest BCUT2D eigenvalue weighted by Gasteiger charge is -2.33. The van der Waals surface area contributed by atoms with Gasteiger partial charge in [0, 0.05) is 6.61 Å². The molecule has 16 heavy (non-hydrogen) atoms. The molecule has 0 aliphatic carbocycles. The smallest absolute Gasteiger partial charge is 0.352 e. The molecule has 0 unspecified atom stereocenters. The molecule has 0 heterocycles. The van der Waals surface area contributed by atoms with Crippen LogP contribution in [0.5, 0.6) is 0 Å². The van der Waals surface area contributed by atoms with Crippen molar-refractivity contribution in [2.24, 2.45) is 0 Å². The van der Waals surface area contributed by atoms with E-state index in [1.807, 2.05) is 6.92 Å². The SMILES string of the molecule is CCCCOC(CC)(P(=O)(O)O)P(=O)(O)O. The van der Waals surface area contributed by atoms with Crippen molar-refractivity contribution in [3.63, 3.8) is 0 Å². The zero-order chi connectivity index (χ0) is 13.0.